The molecule has 7 nitrogen and oxygen atoms in total. The molecule has 2 aliphatic rings. The van der Waals surface area contributed by atoms with Gasteiger partial charge in [-0.2, -0.15) is 0 Å². The largest absolute Gasteiger partial charge is 0.495 e. The quantitative estimate of drug-likeness (QED) is 0.330. The lowest BCUT2D eigenvalue weighted by atomic mass is 9.75. The van der Waals surface area contributed by atoms with Crippen molar-refractivity contribution >= 4 is 12.6 Å². The van der Waals surface area contributed by atoms with Crippen molar-refractivity contribution in [1.29, 1.82) is 0 Å². The van der Waals surface area contributed by atoms with Gasteiger partial charge in [-0.3, -0.25) is 0 Å². The normalized spacial score (nSPS) is 17.2. The average molecular weight is 465 g/mol. The number of fused-ring (bicyclic) bond motifs is 2. The maximum atomic E-state index is 6.40. The van der Waals surface area contributed by atoms with E-state index in [0.717, 1.165) is 16.6 Å². The van der Waals surface area contributed by atoms with E-state index in [1.54, 1.807) is 0 Å². The topological polar surface area (TPSA) is 75.6 Å². The fourth-order valence-corrected chi connectivity index (χ4v) is 4.10. The molecule has 4 aromatic rings. The van der Waals surface area contributed by atoms with Crippen LogP contribution < -0.4 is 14.9 Å². The van der Waals surface area contributed by atoms with Crippen molar-refractivity contribution in [2.24, 2.45) is 0 Å². The Balaban J connectivity index is 1.50. The molecule has 6 rings (SSSR count). The van der Waals surface area contributed by atoms with Crippen LogP contribution in [0.2, 0.25) is 0 Å². The second-order valence-corrected chi connectivity index (χ2v) is 9.62. The first-order valence-electron chi connectivity index (χ1n) is 11.5. The molecule has 0 bridgehead atoms. The van der Waals surface area contributed by atoms with E-state index in [2.05, 4.69) is 9.97 Å². The second-order valence-electron chi connectivity index (χ2n) is 9.62. The van der Waals surface area contributed by atoms with Gasteiger partial charge in [0, 0.05) is 11.1 Å². The van der Waals surface area contributed by atoms with Gasteiger partial charge in [0.05, 0.1) is 11.2 Å². The number of hydrogen-bond acceptors (Lipinski definition) is 7. The summed E-state index contributed by atoms with van der Waals surface area (Å²) in [7, 11) is -0.641. The molecule has 1 fully saturated rings. The van der Waals surface area contributed by atoms with Crippen molar-refractivity contribution in [3.63, 3.8) is 0 Å². The van der Waals surface area contributed by atoms with Crippen LogP contribution in [0.5, 0.6) is 23.0 Å². The van der Waals surface area contributed by atoms with E-state index in [-0.39, 0.29) is 0 Å². The molecule has 0 amide bonds. The number of nitrogens with zero attached hydrogens (tertiary/aromatic N) is 3. The van der Waals surface area contributed by atoms with Gasteiger partial charge in [-0.1, -0.05) is 42.5 Å². The van der Waals surface area contributed by atoms with Crippen molar-refractivity contribution in [3.05, 3.63) is 73.1 Å². The van der Waals surface area contributed by atoms with Gasteiger partial charge in [-0.25, -0.2) is 15.0 Å². The first-order valence-corrected chi connectivity index (χ1v) is 11.5. The standard InChI is InChI=1S/C27H24BN3O4/c1-26(2)27(3,4)35-28(34-26)19-15-23-22(32-20-12-8-9-13-21(20)33-23)14-18(19)25-30-16-29-24(31-25)17-10-6-5-7-11-17/h5-16H,1-4H3. The van der Waals surface area contributed by atoms with Crippen LogP contribution in [-0.2, 0) is 9.31 Å². The minimum atomic E-state index is -0.641. The third-order valence-corrected chi connectivity index (χ3v) is 6.76. The maximum absolute atomic E-state index is 6.40. The molecular formula is C27H24BN3O4. The monoisotopic (exact) mass is 465 g/mol. The Labute approximate surface area is 204 Å². The second kappa shape index (κ2) is 7.90. The van der Waals surface area contributed by atoms with Crippen molar-refractivity contribution in [2.75, 3.05) is 0 Å². The summed E-state index contributed by atoms with van der Waals surface area (Å²) in [5.74, 6) is 3.52. The molecule has 0 N–H and O–H groups in total. The van der Waals surface area contributed by atoms with Crippen LogP contribution in [-0.4, -0.2) is 33.3 Å². The lowest BCUT2D eigenvalue weighted by Crippen LogP contribution is -2.41. The van der Waals surface area contributed by atoms with E-state index >= 15 is 0 Å². The zero-order chi connectivity index (χ0) is 24.2. The highest BCUT2D eigenvalue weighted by atomic mass is 16.7. The molecule has 174 valence electrons. The summed E-state index contributed by atoms with van der Waals surface area (Å²) in [6.07, 6.45) is 1.52. The summed E-state index contributed by atoms with van der Waals surface area (Å²) in [5.41, 5.74) is 1.37. The third-order valence-electron chi connectivity index (χ3n) is 6.76. The van der Waals surface area contributed by atoms with Gasteiger partial charge in [0.25, 0.3) is 0 Å². The van der Waals surface area contributed by atoms with Crippen LogP contribution in [0.25, 0.3) is 22.8 Å². The number of ether oxygens (including phenoxy) is 2. The minimum absolute atomic E-state index is 0.494. The van der Waals surface area contributed by atoms with E-state index in [1.807, 2.05) is 94.4 Å². The van der Waals surface area contributed by atoms with Crippen LogP contribution in [0.3, 0.4) is 0 Å². The molecule has 0 radical (unpaired) electrons. The summed E-state index contributed by atoms with van der Waals surface area (Å²) in [6, 6.07) is 21.1. The molecule has 3 aromatic carbocycles. The molecular weight excluding hydrogens is 441 g/mol. The fourth-order valence-electron chi connectivity index (χ4n) is 4.10. The predicted molar refractivity (Wildman–Crippen MR) is 133 cm³/mol. The van der Waals surface area contributed by atoms with Gasteiger partial charge in [0.1, 0.15) is 6.33 Å². The third kappa shape index (κ3) is 3.75. The highest BCUT2D eigenvalue weighted by Gasteiger charge is 2.52. The van der Waals surface area contributed by atoms with E-state index in [9.17, 15) is 0 Å². The smallest absolute Gasteiger partial charge is 0.450 e. The molecule has 8 heteroatoms. The molecule has 3 heterocycles. The first-order chi connectivity index (χ1) is 16.8. The molecule has 0 spiro atoms. The Morgan fingerprint density at radius 1 is 0.657 bits per heavy atom. The van der Waals surface area contributed by atoms with Gasteiger partial charge in [-0.15, -0.1) is 0 Å². The Morgan fingerprint density at radius 2 is 1.23 bits per heavy atom. The summed E-state index contributed by atoms with van der Waals surface area (Å²) in [6.45, 7) is 8.10. The van der Waals surface area contributed by atoms with Gasteiger partial charge >= 0.3 is 7.12 Å². The van der Waals surface area contributed by atoms with E-state index < -0.39 is 18.3 Å². The summed E-state index contributed by atoms with van der Waals surface area (Å²) in [5, 5.41) is 0. The summed E-state index contributed by atoms with van der Waals surface area (Å²) < 4.78 is 25.1. The number of para-hydroxylation sites is 2. The molecule has 0 unspecified atom stereocenters. The zero-order valence-electron chi connectivity index (χ0n) is 20.0. The van der Waals surface area contributed by atoms with Crippen molar-refractivity contribution in [1.82, 2.24) is 15.0 Å². The molecule has 0 atom stereocenters. The van der Waals surface area contributed by atoms with Crippen molar-refractivity contribution in [3.8, 4) is 45.8 Å². The van der Waals surface area contributed by atoms with Crippen LogP contribution in [0.4, 0.5) is 0 Å². The van der Waals surface area contributed by atoms with Gasteiger partial charge in [-0.05, 0) is 57.4 Å². The molecule has 2 aliphatic heterocycles. The minimum Gasteiger partial charge on any atom is -0.450 e. The van der Waals surface area contributed by atoms with E-state index in [0.29, 0.717) is 34.6 Å². The Morgan fingerprint density at radius 3 is 1.89 bits per heavy atom. The lowest BCUT2D eigenvalue weighted by Gasteiger charge is -2.32. The Kier molecular flexibility index (Phi) is 4.91. The van der Waals surface area contributed by atoms with Gasteiger partial charge in [0.15, 0.2) is 34.6 Å². The van der Waals surface area contributed by atoms with Crippen molar-refractivity contribution in [2.45, 2.75) is 38.9 Å². The van der Waals surface area contributed by atoms with Gasteiger partial charge < -0.3 is 18.8 Å². The zero-order valence-corrected chi connectivity index (χ0v) is 20.0. The number of rotatable bonds is 3. The predicted octanol–water partition coefficient (Wildman–Crippen LogP) is 5.40. The van der Waals surface area contributed by atoms with Crippen LogP contribution in [0.1, 0.15) is 27.7 Å². The highest BCUT2D eigenvalue weighted by Crippen LogP contribution is 2.46. The van der Waals surface area contributed by atoms with Gasteiger partial charge in [0.2, 0.25) is 0 Å². The lowest BCUT2D eigenvalue weighted by molar-refractivity contribution is 0.00578. The Bertz CT molecular complexity index is 1410. The van der Waals surface area contributed by atoms with Crippen molar-refractivity contribution < 1.29 is 18.8 Å². The van der Waals surface area contributed by atoms with E-state index in [4.69, 9.17) is 23.8 Å². The van der Waals surface area contributed by atoms with Crippen LogP contribution in [0, 0.1) is 0 Å². The van der Waals surface area contributed by atoms with Crippen LogP contribution >= 0.6 is 0 Å². The molecule has 0 aliphatic carbocycles. The molecule has 0 saturated carbocycles. The number of benzene rings is 3. The molecule has 1 saturated heterocycles. The highest BCUT2D eigenvalue weighted by molar-refractivity contribution is 6.64. The Hall–Kier alpha value is -3.75. The fraction of sp³-hybridized carbons (Fsp3) is 0.222. The van der Waals surface area contributed by atoms with E-state index in [1.165, 1.54) is 6.33 Å². The summed E-state index contributed by atoms with van der Waals surface area (Å²) in [4.78, 5) is 13.7. The summed E-state index contributed by atoms with van der Waals surface area (Å²) >= 11 is 0. The molecule has 35 heavy (non-hydrogen) atoms. The average Bonchev–Trinajstić information content (AvgIpc) is 3.09. The number of aromatic nitrogens is 3. The van der Waals surface area contributed by atoms with Crippen LogP contribution in [0.15, 0.2) is 73.1 Å². The molecule has 1 aromatic heterocycles. The number of hydrogen-bond donors (Lipinski definition) is 0. The first kappa shape index (κ1) is 21.8. The maximum Gasteiger partial charge on any atom is 0.495 e. The SMILES string of the molecule is CC1(C)OB(c2cc3c(cc2-c2ncnc(-c4ccccc4)n2)Oc2ccccc2O3)OC1(C)C.